The number of benzene rings is 2. The van der Waals surface area contributed by atoms with Gasteiger partial charge in [0.05, 0.1) is 29.7 Å². The largest absolute Gasteiger partial charge is 0.416 e. The molecular formula is C20H13F3N8O. The van der Waals surface area contributed by atoms with Gasteiger partial charge >= 0.3 is 6.18 Å². The van der Waals surface area contributed by atoms with E-state index in [1.54, 1.807) is 0 Å². The summed E-state index contributed by atoms with van der Waals surface area (Å²) < 4.78 is 43.2. The number of aromatic nitrogens is 8. The van der Waals surface area contributed by atoms with E-state index in [2.05, 4.69) is 25.6 Å². The molecular weight excluding hydrogens is 425 g/mol. The van der Waals surface area contributed by atoms with Gasteiger partial charge in [-0.3, -0.25) is 9.36 Å². The number of rotatable bonds is 4. The summed E-state index contributed by atoms with van der Waals surface area (Å²) in [4.78, 5) is 17.2. The zero-order valence-electron chi connectivity index (χ0n) is 16.2. The van der Waals surface area contributed by atoms with Gasteiger partial charge < -0.3 is 0 Å². The number of halogens is 3. The first-order valence-electron chi connectivity index (χ1n) is 9.35. The molecule has 0 aliphatic carbocycles. The highest BCUT2D eigenvalue weighted by atomic mass is 19.4. The van der Waals surface area contributed by atoms with Crippen molar-refractivity contribution >= 4 is 11.0 Å². The third-order valence-electron chi connectivity index (χ3n) is 4.82. The van der Waals surface area contributed by atoms with E-state index < -0.39 is 17.3 Å². The van der Waals surface area contributed by atoms with Crippen LogP contribution in [0.5, 0.6) is 0 Å². The van der Waals surface area contributed by atoms with E-state index in [0.29, 0.717) is 5.82 Å². The number of hydrogen-bond acceptors (Lipinski definition) is 6. The minimum absolute atomic E-state index is 0.0401. The summed E-state index contributed by atoms with van der Waals surface area (Å²) >= 11 is 0. The summed E-state index contributed by atoms with van der Waals surface area (Å²) in [5.74, 6) is 0.407. The van der Waals surface area contributed by atoms with Gasteiger partial charge in [-0.25, -0.2) is 9.67 Å². The van der Waals surface area contributed by atoms with Crippen molar-refractivity contribution in [3.63, 3.8) is 0 Å². The molecule has 5 aromatic rings. The molecule has 0 saturated heterocycles. The molecule has 0 saturated carbocycles. The number of hydrogen-bond donors (Lipinski definition) is 0. The Labute approximate surface area is 177 Å². The normalized spacial score (nSPS) is 11.8. The van der Waals surface area contributed by atoms with Crippen molar-refractivity contribution < 1.29 is 13.2 Å². The second-order valence-electron chi connectivity index (χ2n) is 6.86. The predicted molar refractivity (Wildman–Crippen MR) is 106 cm³/mol. The van der Waals surface area contributed by atoms with Crippen LogP contribution in [0.2, 0.25) is 0 Å². The van der Waals surface area contributed by atoms with E-state index in [0.717, 1.165) is 17.8 Å². The molecule has 0 atom stereocenters. The number of para-hydroxylation sites is 1. The van der Waals surface area contributed by atoms with Gasteiger partial charge in [0.1, 0.15) is 11.7 Å². The van der Waals surface area contributed by atoms with Gasteiger partial charge in [-0.05, 0) is 40.8 Å². The summed E-state index contributed by atoms with van der Waals surface area (Å²) in [6, 6.07) is 13.8. The monoisotopic (exact) mass is 438 g/mol. The molecule has 0 aliphatic rings. The third kappa shape index (κ3) is 3.41. The van der Waals surface area contributed by atoms with E-state index in [9.17, 15) is 18.0 Å². The molecule has 0 unspecified atom stereocenters. The van der Waals surface area contributed by atoms with Gasteiger partial charge in [0.15, 0.2) is 11.5 Å². The Morgan fingerprint density at radius 3 is 2.50 bits per heavy atom. The third-order valence-corrected chi connectivity index (χ3v) is 4.82. The van der Waals surface area contributed by atoms with Gasteiger partial charge in [0.2, 0.25) is 0 Å². The maximum absolute atomic E-state index is 13.1. The minimum atomic E-state index is -4.50. The molecule has 9 nitrogen and oxygen atoms in total. The number of nitrogens with zero attached hydrogens (tertiary/aromatic N) is 8. The molecule has 0 spiro atoms. The highest BCUT2D eigenvalue weighted by Gasteiger charge is 2.30. The van der Waals surface area contributed by atoms with Gasteiger partial charge in [-0.2, -0.15) is 23.0 Å². The molecule has 12 heteroatoms. The number of fused-ring (bicyclic) bond motifs is 1. The maximum atomic E-state index is 13.1. The van der Waals surface area contributed by atoms with Gasteiger partial charge in [0.25, 0.3) is 5.56 Å². The van der Waals surface area contributed by atoms with E-state index in [1.807, 2.05) is 30.3 Å². The molecule has 3 heterocycles. The fourth-order valence-electron chi connectivity index (χ4n) is 3.29. The smallest absolute Gasteiger partial charge is 0.291 e. The summed E-state index contributed by atoms with van der Waals surface area (Å²) in [7, 11) is 0. The van der Waals surface area contributed by atoms with Crippen LogP contribution in [-0.4, -0.2) is 39.5 Å². The van der Waals surface area contributed by atoms with Crippen LogP contribution in [0.1, 0.15) is 11.4 Å². The topological polar surface area (TPSA) is 96.3 Å². The lowest BCUT2D eigenvalue weighted by atomic mass is 10.2. The summed E-state index contributed by atoms with van der Waals surface area (Å²) in [6.45, 7) is 0.0401. The fraction of sp³-hybridized carbons (Fsp3) is 0.100. The van der Waals surface area contributed by atoms with Gasteiger partial charge in [-0.1, -0.05) is 24.3 Å². The van der Waals surface area contributed by atoms with Gasteiger partial charge in [0, 0.05) is 0 Å². The number of tetrazole rings is 1. The van der Waals surface area contributed by atoms with Gasteiger partial charge in [-0.15, -0.1) is 5.10 Å². The van der Waals surface area contributed by atoms with E-state index in [-0.39, 0.29) is 23.3 Å². The molecule has 32 heavy (non-hydrogen) atoms. The van der Waals surface area contributed by atoms with Crippen LogP contribution in [0.25, 0.3) is 22.4 Å². The lowest BCUT2D eigenvalue weighted by molar-refractivity contribution is -0.137. The van der Waals surface area contributed by atoms with E-state index >= 15 is 0 Å². The first-order chi connectivity index (χ1) is 15.4. The Hall–Kier alpha value is -4.35. The van der Waals surface area contributed by atoms with Crippen LogP contribution < -0.4 is 5.56 Å². The highest BCUT2D eigenvalue weighted by Crippen LogP contribution is 2.30. The molecule has 0 radical (unpaired) electrons. The lowest BCUT2D eigenvalue weighted by Crippen LogP contribution is -2.23. The SMILES string of the molecule is O=c1c2cnn(-c3cccc(C(F)(F)F)c3)c2ncn1Cc1nnnn1-c1ccccc1. The Balaban J connectivity index is 1.53. The molecule has 0 fully saturated rings. The second kappa shape index (κ2) is 7.41. The van der Waals surface area contributed by atoms with Crippen molar-refractivity contribution in [2.45, 2.75) is 12.7 Å². The highest BCUT2D eigenvalue weighted by molar-refractivity contribution is 5.75. The van der Waals surface area contributed by atoms with Crippen LogP contribution in [0, 0.1) is 0 Å². The Morgan fingerprint density at radius 2 is 1.72 bits per heavy atom. The van der Waals surface area contributed by atoms with Crippen molar-refractivity contribution in [1.29, 1.82) is 0 Å². The van der Waals surface area contributed by atoms with Crippen LogP contribution in [-0.2, 0) is 12.7 Å². The summed E-state index contributed by atoms with van der Waals surface area (Å²) in [6.07, 6.45) is -1.93. The minimum Gasteiger partial charge on any atom is -0.291 e. The molecule has 0 amide bonds. The molecule has 0 N–H and O–H groups in total. The van der Waals surface area contributed by atoms with Crippen molar-refractivity contribution in [3.05, 3.63) is 88.9 Å². The summed E-state index contributed by atoms with van der Waals surface area (Å²) in [5, 5.41) is 15.9. The van der Waals surface area contributed by atoms with Crippen molar-refractivity contribution in [2.24, 2.45) is 0 Å². The molecule has 0 aliphatic heterocycles. The Bertz CT molecular complexity index is 1470. The molecule has 2 aromatic carbocycles. The standard InChI is InChI=1S/C20H13F3N8O/c21-20(22,23)13-5-4-8-15(9-13)31-18-16(10-25-31)19(32)29(12-24-18)11-17-26-27-28-30(17)14-6-2-1-3-7-14/h1-10,12H,11H2. The van der Waals surface area contributed by atoms with E-state index in [4.69, 9.17) is 0 Å². The first kappa shape index (κ1) is 19.6. The second-order valence-corrected chi connectivity index (χ2v) is 6.86. The van der Waals surface area contributed by atoms with Crippen molar-refractivity contribution in [2.75, 3.05) is 0 Å². The van der Waals surface area contributed by atoms with Crippen LogP contribution in [0.15, 0.2) is 71.9 Å². The summed E-state index contributed by atoms with van der Waals surface area (Å²) in [5.41, 5.74) is -0.219. The zero-order chi connectivity index (χ0) is 22.3. The average molecular weight is 438 g/mol. The lowest BCUT2D eigenvalue weighted by Gasteiger charge is -2.09. The van der Waals surface area contributed by atoms with Crippen LogP contribution in [0.4, 0.5) is 13.2 Å². The Morgan fingerprint density at radius 1 is 0.938 bits per heavy atom. The first-order valence-corrected chi connectivity index (χ1v) is 9.35. The average Bonchev–Trinajstić information content (AvgIpc) is 3.43. The molecule has 160 valence electrons. The number of alkyl halides is 3. The van der Waals surface area contributed by atoms with Crippen molar-refractivity contribution in [3.8, 4) is 11.4 Å². The Kier molecular flexibility index (Phi) is 4.54. The molecule has 3 aromatic heterocycles. The molecule has 5 rings (SSSR count). The predicted octanol–water partition coefficient (Wildman–Crippen LogP) is 2.62. The van der Waals surface area contributed by atoms with E-state index in [1.165, 1.54) is 38.6 Å². The van der Waals surface area contributed by atoms with Crippen LogP contribution >= 0.6 is 0 Å². The quantitative estimate of drug-likeness (QED) is 0.428. The maximum Gasteiger partial charge on any atom is 0.416 e. The fourth-order valence-corrected chi connectivity index (χ4v) is 3.29. The zero-order valence-corrected chi connectivity index (χ0v) is 16.2. The molecule has 0 bridgehead atoms. The van der Waals surface area contributed by atoms with Crippen molar-refractivity contribution in [1.82, 2.24) is 39.5 Å². The van der Waals surface area contributed by atoms with Crippen LogP contribution in [0.3, 0.4) is 0 Å².